The first-order valence-electron chi connectivity index (χ1n) is 17.7. The molecule has 1 saturated heterocycles. The number of carbonyl (C=O) groups is 2. The first kappa shape index (κ1) is 40.7. The van der Waals surface area contributed by atoms with Crippen molar-refractivity contribution in [3.8, 4) is 0 Å². The van der Waals surface area contributed by atoms with Crippen molar-refractivity contribution in [3.05, 3.63) is 0 Å². The van der Waals surface area contributed by atoms with Crippen LogP contribution in [0.2, 0.25) is 0 Å². The van der Waals surface area contributed by atoms with E-state index in [1.54, 1.807) is 0 Å². The lowest BCUT2D eigenvalue weighted by Crippen LogP contribution is -2.75. The molecule has 0 aromatic heterocycles. The highest BCUT2D eigenvalue weighted by Gasteiger charge is 2.70. The number of carbonyl (C=O) groups excluding carboxylic acids is 2. The second-order valence-electron chi connectivity index (χ2n) is 12.6. The van der Waals surface area contributed by atoms with E-state index in [1.807, 2.05) is 0 Å². The summed E-state index contributed by atoms with van der Waals surface area (Å²) < 4.78 is 15.2. The minimum absolute atomic E-state index is 0.103. The van der Waals surface area contributed by atoms with Gasteiger partial charge in [-0.15, -0.1) is 0 Å². The Hall–Kier alpha value is -1.30. The van der Waals surface area contributed by atoms with Crippen LogP contribution >= 0.6 is 0 Å². The predicted molar refractivity (Wildman–Crippen MR) is 168 cm³/mol. The van der Waals surface area contributed by atoms with Crippen LogP contribution in [-0.2, 0) is 23.8 Å². The van der Waals surface area contributed by atoms with Gasteiger partial charge in [-0.1, -0.05) is 142 Å². The topological polar surface area (TPSA) is 163 Å². The Morgan fingerprint density at radius 1 is 0.591 bits per heavy atom. The Morgan fingerprint density at radius 2 is 0.932 bits per heavy atom. The van der Waals surface area contributed by atoms with Gasteiger partial charge in [0.25, 0.3) is 0 Å². The molecule has 260 valence electrons. The molecule has 1 heterocycles. The fourth-order valence-electron chi connectivity index (χ4n) is 5.65. The van der Waals surface area contributed by atoms with Crippen LogP contribution in [0.25, 0.3) is 0 Å². The van der Waals surface area contributed by atoms with E-state index in [1.165, 1.54) is 77.0 Å². The number of ether oxygens (including phenoxy) is 3. The molecule has 44 heavy (non-hydrogen) atoms. The quantitative estimate of drug-likeness (QED) is 0.0417. The Balaban J connectivity index is 2.49. The summed E-state index contributed by atoms with van der Waals surface area (Å²) in [4.78, 5) is 25.2. The van der Waals surface area contributed by atoms with E-state index in [4.69, 9.17) is 14.2 Å². The van der Waals surface area contributed by atoms with Gasteiger partial charge in [-0.05, 0) is 12.8 Å². The maximum Gasteiger partial charge on any atom is 0.399 e. The molecule has 0 bridgehead atoms. The molecule has 1 rings (SSSR count). The molecule has 0 aromatic carbocycles. The smallest absolute Gasteiger partial charge is 0.399 e. The van der Waals surface area contributed by atoms with Gasteiger partial charge in [-0.25, -0.2) is 0 Å². The van der Waals surface area contributed by atoms with Gasteiger partial charge >= 0.3 is 23.7 Å². The van der Waals surface area contributed by atoms with E-state index in [0.717, 1.165) is 51.4 Å². The molecule has 0 unspecified atom stereocenters. The molecular weight excluding hydrogens is 568 g/mol. The maximum atomic E-state index is 12.6. The van der Waals surface area contributed by atoms with Crippen molar-refractivity contribution in [2.75, 3.05) is 6.61 Å². The van der Waals surface area contributed by atoms with E-state index < -0.39 is 48.6 Å². The van der Waals surface area contributed by atoms with Gasteiger partial charge in [0.2, 0.25) is 0 Å². The van der Waals surface area contributed by atoms with Gasteiger partial charge in [-0.3, -0.25) is 9.59 Å². The molecule has 1 fully saturated rings. The highest BCUT2D eigenvalue weighted by atomic mass is 16.9. The molecule has 5 N–H and O–H groups in total. The second kappa shape index (κ2) is 24.0. The largest absolute Gasteiger partial charge is 0.420 e. The maximum absolute atomic E-state index is 12.6. The summed E-state index contributed by atoms with van der Waals surface area (Å²) in [5, 5.41) is 52.6. The molecule has 0 radical (unpaired) electrons. The fraction of sp³-hybridized carbons (Fsp3) is 0.941. The first-order valence-corrected chi connectivity index (χ1v) is 17.7. The molecule has 0 aromatic rings. The zero-order valence-electron chi connectivity index (χ0n) is 27.7. The molecule has 5 atom stereocenters. The van der Waals surface area contributed by atoms with Crippen LogP contribution in [0.1, 0.15) is 168 Å². The summed E-state index contributed by atoms with van der Waals surface area (Å²) in [5.74, 6) is -8.51. The molecule has 10 heteroatoms. The third kappa shape index (κ3) is 15.3. The Morgan fingerprint density at radius 3 is 1.30 bits per heavy atom. The number of aliphatic hydroxyl groups excluding tert-OH is 3. The van der Waals surface area contributed by atoms with Crippen molar-refractivity contribution in [1.82, 2.24) is 0 Å². The van der Waals surface area contributed by atoms with Gasteiger partial charge in [0.15, 0.2) is 6.10 Å². The average molecular weight is 633 g/mol. The minimum atomic E-state index is -3.32. The van der Waals surface area contributed by atoms with Crippen molar-refractivity contribution >= 4 is 11.9 Å². The van der Waals surface area contributed by atoms with Gasteiger partial charge < -0.3 is 39.7 Å². The third-order valence-corrected chi connectivity index (χ3v) is 8.54. The van der Waals surface area contributed by atoms with Crippen molar-refractivity contribution in [3.63, 3.8) is 0 Å². The van der Waals surface area contributed by atoms with Gasteiger partial charge in [-0.2, -0.15) is 0 Å². The molecule has 10 nitrogen and oxygen atoms in total. The van der Waals surface area contributed by atoms with E-state index in [2.05, 4.69) is 13.8 Å². The van der Waals surface area contributed by atoms with Gasteiger partial charge in [0, 0.05) is 12.8 Å². The van der Waals surface area contributed by atoms with Gasteiger partial charge in [0.1, 0.15) is 12.2 Å². The molecular formula is C34H64O10. The van der Waals surface area contributed by atoms with Crippen LogP contribution in [0.15, 0.2) is 0 Å². The van der Waals surface area contributed by atoms with E-state index in [0.29, 0.717) is 12.8 Å². The Kier molecular flexibility index (Phi) is 22.2. The Bertz CT molecular complexity index is 750. The van der Waals surface area contributed by atoms with E-state index in [-0.39, 0.29) is 12.8 Å². The number of rotatable bonds is 27. The number of hydrogen-bond acceptors (Lipinski definition) is 10. The lowest BCUT2D eigenvalue weighted by molar-refractivity contribution is -0.511. The summed E-state index contributed by atoms with van der Waals surface area (Å²) in [6.45, 7) is 3.54. The zero-order chi connectivity index (χ0) is 32.7. The minimum Gasteiger partial charge on any atom is -0.420 e. The summed E-state index contributed by atoms with van der Waals surface area (Å²) >= 11 is 0. The fourth-order valence-corrected chi connectivity index (χ4v) is 5.65. The summed E-state index contributed by atoms with van der Waals surface area (Å²) in [7, 11) is 0. The molecule has 1 aliphatic heterocycles. The average Bonchev–Trinajstić information content (AvgIpc) is 2.99. The van der Waals surface area contributed by atoms with Crippen LogP contribution in [0, 0.1) is 0 Å². The molecule has 0 amide bonds. The number of hydrogen-bond donors (Lipinski definition) is 5. The van der Waals surface area contributed by atoms with Crippen LogP contribution in [0.3, 0.4) is 0 Å². The highest BCUT2D eigenvalue weighted by Crippen LogP contribution is 2.39. The van der Waals surface area contributed by atoms with E-state index in [9.17, 15) is 35.1 Å². The van der Waals surface area contributed by atoms with Crippen LogP contribution in [-0.4, -0.2) is 74.2 Å². The standard InChI is InChI=1S/C34H64O10/c1-3-5-7-9-11-13-15-17-19-21-23-25-29(36)43-33(40)32(39)31(38)28(27-35)42-34(33,41)44-30(37)26-24-22-20-18-16-14-12-10-8-6-4-2/h28,31-32,35,38-41H,3-27H2,1-2H3/t28-,31+,32+,33-,34+/m1/s1. The summed E-state index contributed by atoms with van der Waals surface area (Å²) in [6.07, 6.45) is 17.7. The van der Waals surface area contributed by atoms with Gasteiger partial charge in [0.05, 0.1) is 6.61 Å². The number of unbranched alkanes of at least 4 members (excludes halogenated alkanes) is 20. The number of esters is 2. The first-order chi connectivity index (χ1) is 21.1. The highest BCUT2D eigenvalue weighted by molar-refractivity contribution is 5.71. The predicted octanol–water partition coefficient (Wildman–Crippen LogP) is 5.92. The van der Waals surface area contributed by atoms with Crippen molar-refractivity contribution in [2.45, 2.75) is 198 Å². The van der Waals surface area contributed by atoms with E-state index >= 15 is 0 Å². The number of aliphatic hydroxyl groups is 5. The monoisotopic (exact) mass is 632 g/mol. The van der Waals surface area contributed by atoms with Crippen LogP contribution in [0.4, 0.5) is 0 Å². The summed E-state index contributed by atoms with van der Waals surface area (Å²) in [5.41, 5.74) is 0. The third-order valence-electron chi connectivity index (χ3n) is 8.54. The lowest BCUT2D eigenvalue weighted by atomic mass is 9.94. The molecule has 1 aliphatic rings. The Labute approximate surface area is 265 Å². The van der Waals surface area contributed by atoms with Crippen molar-refractivity contribution in [1.29, 1.82) is 0 Å². The van der Waals surface area contributed by atoms with Crippen LogP contribution < -0.4 is 0 Å². The normalized spacial score (nSPS) is 25.2. The second-order valence-corrected chi connectivity index (χ2v) is 12.6. The van der Waals surface area contributed by atoms with Crippen molar-refractivity contribution < 1.29 is 49.3 Å². The molecule has 0 spiro atoms. The molecule has 0 saturated carbocycles. The van der Waals surface area contributed by atoms with Crippen molar-refractivity contribution in [2.24, 2.45) is 0 Å². The summed E-state index contributed by atoms with van der Waals surface area (Å²) in [6, 6.07) is 0. The SMILES string of the molecule is CCCCCCCCCCCCCC(=O)O[C@@]1(O)O[C@H](CO)[C@H](O)[C@H](O)[C@@]1(O)OC(=O)CCCCCCCCCCCCC. The molecule has 0 aliphatic carbocycles. The van der Waals surface area contributed by atoms with Crippen LogP contribution in [0.5, 0.6) is 0 Å². The lowest BCUT2D eigenvalue weighted by Gasteiger charge is -2.49. The zero-order valence-corrected chi connectivity index (χ0v) is 27.7.